The van der Waals surface area contributed by atoms with E-state index in [0.717, 1.165) is 22.5 Å². The quantitative estimate of drug-likeness (QED) is 0.235. The first-order valence-corrected chi connectivity index (χ1v) is 9.98. The lowest BCUT2D eigenvalue weighted by Crippen LogP contribution is -2.25. The van der Waals surface area contributed by atoms with Gasteiger partial charge in [0.1, 0.15) is 0 Å². The number of rotatable bonds is 8. The molecule has 0 saturated carbocycles. The number of hydrogen-bond donors (Lipinski definition) is 0. The molecule has 0 spiro atoms. The Labute approximate surface area is 172 Å². The molecular weight excluding hydrogens is 388 g/mol. The Morgan fingerprint density at radius 1 is 1.03 bits per heavy atom. The predicted molar refractivity (Wildman–Crippen MR) is 114 cm³/mol. The Morgan fingerprint density at radius 2 is 1.62 bits per heavy atom. The highest BCUT2D eigenvalue weighted by Crippen LogP contribution is 2.26. The summed E-state index contributed by atoms with van der Waals surface area (Å²) in [5.74, 6) is -0.451. The SMILES string of the molecule is CCOC(=O)[C@H](Cc1ccc([N+](=O)[O-])s1)N=C(c1ccccc1)c1ccccc1. The first-order chi connectivity index (χ1) is 14.1. The van der Waals surface area contributed by atoms with Gasteiger partial charge in [0.15, 0.2) is 6.04 Å². The fourth-order valence-corrected chi connectivity index (χ4v) is 3.71. The number of carbonyl (C=O) groups excluding carboxylic acids is 1. The fourth-order valence-electron chi connectivity index (χ4n) is 2.85. The van der Waals surface area contributed by atoms with Crippen molar-refractivity contribution in [1.82, 2.24) is 0 Å². The highest BCUT2D eigenvalue weighted by molar-refractivity contribution is 7.15. The number of aliphatic imine (C=N–C) groups is 1. The third-order valence-electron chi connectivity index (χ3n) is 4.16. The van der Waals surface area contributed by atoms with Gasteiger partial charge in [0.2, 0.25) is 0 Å². The second kappa shape index (κ2) is 9.75. The van der Waals surface area contributed by atoms with Crippen LogP contribution in [0.3, 0.4) is 0 Å². The zero-order valence-electron chi connectivity index (χ0n) is 15.9. The van der Waals surface area contributed by atoms with Crippen molar-refractivity contribution in [2.24, 2.45) is 4.99 Å². The van der Waals surface area contributed by atoms with Crippen molar-refractivity contribution >= 4 is 28.0 Å². The monoisotopic (exact) mass is 408 g/mol. The first-order valence-electron chi connectivity index (χ1n) is 9.17. The number of nitro groups is 1. The Hall–Kier alpha value is -3.32. The van der Waals surface area contributed by atoms with E-state index in [1.165, 1.54) is 6.07 Å². The maximum absolute atomic E-state index is 12.6. The minimum Gasteiger partial charge on any atom is -0.464 e. The van der Waals surface area contributed by atoms with E-state index in [1.807, 2.05) is 60.7 Å². The molecule has 7 heteroatoms. The third kappa shape index (κ3) is 5.36. The van der Waals surface area contributed by atoms with Gasteiger partial charge in [0.25, 0.3) is 0 Å². The Bertz CT molecular complexity index is 958. The van der Waals surface area contributed by atoms with Crippen molar-refractivity contribution in [3.63, 3.8) is 0 Å². The Kier molecular flexibility index (Phi) is 6.86. The molecule has 2 aromatic carbocycles. The van der Waals surface area contributed by atoms with Crippen LogP contribution < -0.4 is 0 Å². The van der Waals surface area contributed by atoms with Crippen LogP contribution >= 0.6 is 11.3 Å². The Morgan fingerprint density at radius 3 is 2.10 bits per heavy atom. The van der Waals surface area contributed by atoms with E-state index in [1.54, 1.807) is 13.0 Å². The maximum atomic E-state index is 12.6. The summed E-state index contributed by atoms with van der Waals surface area (Å²) >= 11 is 1.05. The summed E-state index contributed by atoms with van der Waals surface area (Å²) in [6, 6.07) is 21.5. The van der Waals surface area contributed by atoms with Crippen molar-refractivity contribution in [3.05, 3.63) is 98.9 Å². The first kappa shape index (κ1) is 20.4. The summed E-state index contributed by atoms with van der Waals surface area (Å²) in [7, 11) is 0. The predicted octanol–water partition coefficient (Wildman–Crippen LogP) is 4.67. The number of carbonyl (C=O) groups is 1. The van der Waals surface area contributed by atoms with Gasteiger partial charge in [0, 0.05) is 28.5 Å². The maximum Gasteiger partial charge on any atom is 0.331 e. The highest BCUT2D eigenvalue weighted by atomic mass is 32.1. The number of benzene rings is 2. The van der Waals surface area contributed by atoms with Crippen LogP contribution in [0.15, 0.2) is 77.8 Å². The lowest BCUT2D eigenvalue weighted by molar-refractivity contribution is -0.380. The van der Waals surface area contributed by atoms with Crippen LogP contribution in [0.25, 0.3) is 0 Å². The zero-order valence-corrected chi connectivity index (χ0v) is 16.7. The number of nitrogens with zero attached hydrogens (tertiary/aromatic N) is 2. The molecule has 0 saturated heterocycles. The van der Waals surface area contributed by atoms with Gasteiger partial charge in [-0.15, -0.1) is 0 Å². The van der Waals surface area contributed by atoms with E-state index >= 15 is 0 Å². The summed E-state index contributed by atoms with van der Waals surface area (Å²) in [4.78, 5) is 28.6. The minimum atomic E-state index is -0.802. The number of hydrogen-bond acceptors (Lipinski definition) is 6. The van der Waals surface area contributed by atoms with Gasteiger partial charge in [-0.05, 0) is 13.0 Å². The fraction of sp³-hybridized carbons (Fsp3) is 0.182. The molecule has 3 rings (SSSR count). The summed E-state index contributed by atoms with van der Waals surface area (Å²) in [5.41, 5.74) is 2.44. The molecular formula is C22H20N2O4S. The van der Waals surface area contributed by atoms with Crippen LogP contribution in [0.4, 0.5) is 5.00 Å². The molecule has 148 valence electrons. The molecule has 0 amide bonds. The van der Waals surface area contributed by atoms with E-state index in [2.05, 4.69) is 0 Å². The van der Waals surface area contributed by atoms with E-state index in [4.69, 9.17) is 9.73 Å². The van der Waals surface area contributed by atoms with Gasteiger partial charge in [0.05, 0.1) is 17.2 Å². The second-order valence-electron chi connectivity index (χ2n) is 6.18. The molecule has 0 fully saturated rings. The van der Waals surface area contributed by atoms with Crippen LogP contribution in [0, 0.1) is 10.1 Å². The molecule has 1 heterocycles. The van der Waals surface area contributed by atoms with E-state index < -0.39 is 16.9 Å². The molecule has 0 radical (unpaired) electrons. The molecule has 1 atom stereocenters. The number of ether oxygens (including phenoxy) is 1. The lowest BCUT2D eigenvalue weighted by Gasteiger charge is -2.14. The van der Waals surface area contributed by atoms with Crippen LogP contribution in [-0.4, -0.2) is 29.3 Å². The smallest absolute Gasteiger partial charge is 0.331 e. The molecule has 3 aromatic rings. The summed E-state index contributed by atoms with van der Waals surface area (Å²) in [6.45, 7) is 1.98. The lowest BCUT2D eigenvalue weighted by atomic mass is 10.0. The molecule has 0 aliphatic carbocycles. The van der Waals surface area contributed by atoms with Gasteiger partial charge >= 0.3 is 11.0 Å². The average Bonchev–Trinajstić information content (AvgIpc) is 3.21. The van der Waals surface area contributed by atoms with Crippen molar-refractivity contribution in [1.29, 1.82) is 0 Å². The summed E-state index contributed by atoms with van der Waals surface area (Å²) in [5, 5.41) is 11.0. The third-order valence-corrected chi connectivity index (χ3v) is 5.22. The van der Waals surface area contributed by atoms with Crippen molar-refractivity contribution in [2.45, 2.75) is 19.4 Å². The topological polar surface area (TPSA) is 81.8 Å². The van der Waals surface area contributed by atoms with Crippen LogP contribution in [0.2, 0.25) is 0 Å². The molecule has 0 unspecified atom stereocenters. The van der Waals surface area contributed by atoms with Gasteiger partial charge in [-0.25, -0.2) is 4.79 Å². The van der Waals surface area contributed by atoms with Crippen LogP contribution in [-0.2, 0) is 16.0 Å². The molecule has 0 aliphatic heterocycles. The number of esters is 1. The van der Waals surface area contributed by atoms with E-state index in [0.29, 0.717) is 10.6 Å². The van der Waals surface area contributed by atoms with Crippen LogP contribution in [0.5, 0.6) is 0 Å². The van der Waals surface area contributed by atoms with Gasteiger partial charge in [-0.1, -0.05) is 72.0 Å². The summed E-state index contributed by atoms with van der Waals surface area (Å²) < 4.78 is 5.23. The minimum absolute atomic E-state index is 0.0398. The normalized spacial score (nSPS) is 11.5. The highest BCUT2D eigenvalue weighted by Gasteiger charge is 2.23. The molecule has 0 bridgehead atoms. The van der Waals surface area contributed by atoms with Crippen molar-refractivity contribution in [3.8, 4) is 0 Å². The van der Waals surface area contributed by atoms with E-state index in [9.17, 15) is 14.9 Å². The summed E-state index contributed by atoms with van der Waals surface area (Å²) in [6.07, 6.45) is 0.237. The van der Waals surface area contributed by atoms with Gasteiger partial charge in [-0.2, -0.15) is 0 Å². The number of thiophene rings is 1. The Balaban J connectivity index is 2.02. The average molecular weight is 408 g/mol. The molecule has 0 aliphatic rings. The second-order valence-corrected chi connectivity index (χ2v) is 7.33. The van der Waals surface area contributed by atoms with Gasteiger partial charge in [-0.3, -0.25) is 15.1 Å². The molecule has 1 aromatic heterocycles. The standard InChI is InChI=1S/C22H20N2O4S/c1-2-28-22(25)19(15-18-13-14-20(29-18)24(26)27)23-21(16-9-5-3-6-10-16)17-11-7-4-8-12-17/h3-14,19H,2,15H2,1H3/t19-/m0/s1. The van der Waals surface area contributed by atoms with Gasteiger partial charge < -0.3 is 4.74 Å². The van der Waals surface area contributed by atoms with Crippen molar-refractivity contribution in [2.75, 3.05) is 6.61 Å². The molecule has 6 nitrogen and oxygen atoms in total. The molecule has 0 N–H and O–H groups in total. The molecule has 29 heavy (non-hydrogen) atoms. The van der Waals surface area contributed by atoms with Crippen LogP contribution in [0.1, 0.15) is 22.9 Å². The van der Waals surface area contributed by atoms with E-state index in [-0.39, 0.29) is 18.0 Å². The zero-order chi connectivity index (χ0) is 20.6. The van der Waals surface area contributed by atoms with Crippen molar-refractivity contribution < 1.29 is 14.5 Å². The largest absolute Gasteiger partial charge is 0.464 e.